The molecule has 116 valence electrons. The summed E-state index contributed by atoms with van der Waals surface area (Å²) >= 11 is 0. The molecule has 5 heteroatoms. The van der Waals surface area contributed by atoms with E-state index < -0.39 is 5.97 Å². The SMILES string of the molecule is COC(=O)Cc1c(C)[nH]c(C(=O)OCc2ccccc2)c1C. The fraction of sp³-hybridized carbons (Fsp3) is 0.294. The predicted octanol–water partition coefficient (Wildman–Crippen LogP) is 2.70. The van der Waals surface area contributed by atoms with Crippen molar-refractivity contribution in [3.63, 3.8) is 0 Å². The van der Waals surface area contributed by atoms with Gasteiger partial charge in [-0.1, -0.05) is 30.3 Å². The maximum Gasteiger partial charge on any atom is 0.355 e. The average Bonchev–Trinajstić information content (AvgIpc) is 2.81. The molecule has 1 aromatic heterocycles. The van der Waals surface area contributed by atoms with Crippen molar-refractivity contribution in [2.24, 2.45) is 0 Å². The first kappa shape index (κ1) is 15.8. The second-order valence-corrected chi connectivity index (χ2v) is 5.04. The first-order chi connectivity index (χ1) is 10.5. The van der Waals surface area contributed by atoms with Crippen LogP contribution in [-0.2, 0) is 27.3 Å². The number of aromatic amines is 1. The predicted molar refractivity (Wildman–Crippen MR) is 81.5 cm³/mol. The molecule has 22 heavy (non-hydrogen) atoms. The summed E-state index contributed by atoms with van der Waals surface area (Å²) in [4.78, 5) is 26.6. The standard InChI is InChI=1S/C17H19NO4/c1-11-14(9-15(19)21-3)12(2)18-16(11)17(20)22-10-13-7-5-4-6-8-13/h4-8,18H,9-10H2,1-3H3. The molecule has 0 amide bonds. The summed E-state index contributed by atoms with van der Waals surface area (Å²) in [7, 11) is 1.34. The second kappa shape index (κ2) is 6.93. The summed E-state index contributed by atoms with van der Waals surface area (Å²) in [5.74, 6) is -0.769. The van der Waals surface area contributed by atoms with Gasteiger partial charge in [0, 0.05) is 5.69 Å². The second-order valence-electron chi connectivity index (χ2n) is 5.04. The van der Waals surface area contributed by atoms with Gasteiger partial charge in [0.05, 0.1) is 13.5 Å². The number of nitrogens with one attached hydrogen (secondary N) is 1. The summed E-state index contributed by atoms with van der Waals surface area (Å²) in [6.45, 7) is 3.82. The van der Waals surface area contributed by atoms with Crippen LogP contribution in [0.1, 0.15) is 32.9 Å². The van der Waals surface area contributed by atoms with Crippen LogP contribution in [0, 0.1) is 13.8 Å². The fourth-order valence-corrected chi connectivity index (χ4v) is 2.27. The molecular formula is C17H19NO4. The van der Waals surface area contributed by atoms with Gasteiger partial charge in [-0.05, 0) is 30.5 Å². The van der Waals surface area contributed by atoms with Crippen LogP contribution < -0.4 is 0 Å². The third-order valence-electron chi connectivity index (χ3n) is 3.56. The van der Waals surface area contributed by atoms with Crippen LogP contribution in [0.3, 0.4) is 0 Å². The molecule has 0 bridgehead atoms. The normalized spacial score (nSPS) is 10.3. The van der Waals surface area contributed by atoms with Gasteiger partial charge in [-0.25, -0.2) is 4.79 Å². The van der Waals surface area contributed by atoms with E-state index in [0.717, 1.165) is 22.4 Å². The number of aromatic nitrogens is 1. The van der Waals surface area contributed by atoms with Gasteiger partial charge in [0.1, 0.15) is 12.3 Å². The lowest BCUT2D eigenvalue weighted by molar-refractivity contribution is -0.139. The van der Waals surface area contributed by atoms with Gasteiger partial charge in [-0.15, -0.1) is 0 Å². The highest BCUT2D eigenvalue weighted by Crippen LogP contribution is 2.20. The van der Waals surface area contributed by atoms with E-state index in [4.69, 9.17) is 4.74 Å². The Kier molecular flexibility index (Phi) is 4.99. The van der Waals surface area contributed by atoms with Crippen molar-refractivity contribution in [1.82, 2.24) is 4.98 Å². The van der Waals surface area contributed by atoms with Gasteiger partial charge in [0.25, 0.3) is 0 Å². The maximum absolute atomic E-state index is 12.2. The van der Waals surface area contributed by atoms with E-state index in [2.05, 4.69) is 9.72 Å². The molecule has 0 aliphatic rings. The Morgan fingerprint density at radius 1 is 1.14 bits per heavy atom. The quantitative estimate of drug-likeness (QED) is 0.862. The number of rotatable bonds is 5. The third-order valence-corrected chi connectivity index (χ3v) is 3.56. The number of benzene rings is 1. The highest BCUT2D eigenvalue weighted by molar-refractivity contribution is 5.90. The lowest BCUT2D eigenvalue weighted by Crippen LogP contribution is -2.08. The van der Waals surface area contributed by atoms with E-state index >= 15 is 0 Å². The van der Waals surface area contributed by atoms with Gasteiger partial charge < -0.3 is 14.5 Å². The smallest absolute Gasteiger partial charge is 0.355 e. The number of carbonyl (C=O) groups excluding carboxylic acids is 2. The molecule has 1 aromatic carbocycles. The van der Waals surface area contributed by atoms with Crippen molar-refractivity contribution in [2.75, 3.05) is 7.11 Å². The monoisotopic (exact) mass is 301 g/mol. The summed E-state index contributed by atoms with van der Waals surface area (Å²) in [6.07, 6.45) is 0.136. The van der Waals surface area contributed by atoms with E-state index in [1.807, 2.05) is 37.3 Å². The molecule has 0 aliphatic heterocycles. The third kappa shape index (κ3) is 3.55. The molecular weight excluding hydrogens is 282 g/mol. The zero-order valence-corrected chi connectivity index (χ0v) is 12.9. The van der Waals surface area contributed by atoms with E-state index in [-0.39, 0.29) is 19.0 Å². The fourth-order valence-electron chi connectivity index (χ4n) is 2.27. The maximum atomic E-state index is 12.2. The van der Waals surface area contributed by atoms with Crippen molar-refractivity contribution >= 4 is 11.9 Å². The minimum atomic E-state index is -0.430. The van der Waals surface area contributed by atoms with Crippen molar-refractivity contribution < 1.29 is 19.1 Å². The first-order valence-corrected chi connectivity index (χ1v) is 6.98. The Balaban J connectivity index is 2.10. The van der Waals surface area contributed by atoms with Crippen LogP contribution in [0.25, 0.3) is 0 Å². The Labute approximate surface area is 129 Å². The van der Waals surface area contributed by atoms with Crippen LogP contribution in [0.15, 0.2) is 30.3 Å². The molecule has 5 nitrogen and oxygen atoms in total. The zero-order valence-electron chi connectivity index (χ0n) is 12.9. The molecule has 0 spiro atoms. The van der Waals surface area contributed by atoms with Crippen molar-refractivity contribution in [1.29, 1.82) is 0 Å². The van der Waals surface area contributed by atoms with E-state index in [1.54, 1.807) is 6.92 Å². The number of H-pyrrole nitrogens is 1. The van der Waals surface area contributed by atoms with Crippen molar-refractivity contribution in [3.05, 3.63) is 58.4 Å². The molecule has 1 N–H and O–H groups in total. The number of hydrogen-bond acceptors (Lipinski definition) is 4. The van der Waals surface area contributed by atoms with Crippen LogP contribution in [-0.4, -0.2) is 24.0 Å². The molecule has 0 aliphatic carbocycles. The molecule has 0 unspecified atom stereocenters. The number of methoxy groups -OCH3 is 1. The van der Waals surface area contributed by atoms with E-state index in [0.29, 0.717) is 5.69 Å². The zero-order chi connectivity index (χ0) is 16.1. The van der Waals surface area contributed by atoms with Gasteiger partial charge in [-0.2, -0.15) is 0 Å². The van der Waals surface area contributed by atoms with Gasteiger partial charge in [-0.3, -0.25) is 4.79 Å². The Bertz CT molecular complexity index is 673. The molecule has 0 atom stereocenters. The minimum absolute atomic E-state index is 0.136. The number of ether oxygens (including phenoxy) is 2. The largest absolute Gasteiger partial charge is 0.469 e. The highest BCUT2D eigenvalue weighted by Gasteiger charge is 2.20. The van der Waals surface area contributed by atoms with Crippen LogP contribution >= 0.6 is 0 Å². The van der Waals surface area contributed by atoms with E-state index in [1.165, 1.54) is 7.11 Å². The summed E-state index contributed by atoms with van der Waals surface area (Å²) in [5, 5.41) is 0. The van der Waals surface area contributed by atoms with Gasteiger partial charge in [0.15, 0.2) is 0 Å². The molecule has 0 fully saturated rings. The molecule has 0 saturated heterocycles. The number of esters is 2. The highest BCUT2D eigenvalue weighted by atomic mass is 16.5. The summed E-state index contributed by atoms with van der Waals surface area (Å²) < 4.78 is 9.98. The Morgan fingerprint density at radius 3 is 2.45 bits per heavy atom. The Morgan fingerprint density at radius 2 is 1.82 bits per heavy atom. The number of carbonyl (C=O) groups is 2. The van der Waals surface area contributed by atoms with Crippen molar-refractivity contribution in [3.8, 4) is 0 Å². The number of hydrogen-bond donors (Lipinski definition) is 1. The molecule has 0 radical (unpaired) electrons. The molecule has 2 rings (SSSR count). The van der Waals surface area contributed by atoms with Gasteiger partial charge >= 0.3 is 11.9 Å². The van der Waals surface area contributed by atoms with Gasteiger partial charge in [0.2, 0.25) is 0 Å². The summed E-state index contributed by atoms with van der Waals surface area (Å²) in [6, 6.07) is 9.47. The average molecular weight is 301 g/mol. The minimum Gasteiger partial charge on any atom is -0.469 e. The lowest BCUT2D eigenvalue weighted by atomic mass is 10.1. The van der Waals surface area contributed by atoms with Crippen LogP contribution in [0.2, 0.25) is 0 Å². The topological polar surface area (TPSA) is 68.4 Å². The Hall–Kier alpha value is -2.56. The first-order valence-electron chi connectivity index (χ1n) is 6.98. The van der Waals surface area contributed by atoms with Crippen molar-refractivity contribution in [2.45, 2.75) is 26.9 Å². The van der Waals surface area contributed by atoms with Crippen LogP contribution in [0.5, 0.6) is 0 Å². The lowest BCUT2D eigenvalue weighted by Gasteiger charge is -2.05. The molecule has 0 saturated carbocycles. The van der Waals surface area contributed by atoms with E-state index in [9.17, 15) is 9.59 Å². The molecule has 2 aromatic rings. The summed E-state index contributed by atoms with van der Waals surface area (Å²) in [5.41, 5.74) is 3.58. The van der Waals surface area contributed by atoms with Crippen LogP contribution in [0.4, 0.5) is 0 Å². The molecule has 1 heterocycles. The number of aryl methyl sites for hydroxylation is 1.